The van der Waals surface area contributed by atoms with Crippen LogP contribution in [0.15, 0.2) is 46.6 Å². The average molecular weight is 241 g/mol. The largest absolute Gasteiger partial charge is 0.508 e. The molecule has 0 aliphatic rings. The molecule has 0 fully saturated rings. The first-order chi connectivity index (χ1) is 8.56. The molecule has 0 unspecified atom stereocenters. The van der Waals surface area contributed by atoms with Gasteiger partial charge in [0, 0.05) is 5.69 Å². The molecule has 0 atom stereocenters. The second-order valence-corrected chi connectivity index (χ2v) is 4.21. The lowest BCUT2D eigenvalue weighted by molar-refractivity contribution is 0.475. The molecule has 0 aliphatic heterocycles. The Balaban J connectivity index is 2.27. The van der Waals surface area contributed by atoms with Gasteiger partial charge in [-0.1, -0.05) is 0 Å². The molecule has 2 rings (SSSR count). The monoisotopic (exact) mass is 241 g/mol. The standard InChI is InChI=1S/C14H15N3O/c1-9-7-11(3-5-13(9)15)16-17-14-6-4-12(18)8-10(14)2/h3-8,18H,15H2,1-2H3. The van der Waals surface area contributed by atoms with Crippen molar-refractivity contribution in [3.05, 3.63) is 47.5 Å². The number of nitrogens with zero attached hydrogens (tertiary/aromatic N) is 2. The van der Waals surface area contributed by atoms with Crippen molar-refractivity contribution in [2.75, 3.05) is 5.73 Å². The number of aryl methyl sites for hydroxylation is 2. The smallest absolute Gasteiger partial charge is 0.115 e. The van der Waals surface area contributed by atoms with Crippen LogP contribution in [0, 0.1) is 13.8 Å². The molecule has 0 radical (unpaired) electrons. The zero-order chi connectivity index (χ0) is 13.1. The quantitative estimate of drug-likeness (QED) is 0.616. The Hall–Kier alpha value is -2.36. The van der Waals surface area contributed by atoms with Crippen molar-refractivity contribution in [3.63, 3.8) is 0 Å². The van der Waals surface area contributed by atoms with Crippen LogP contribution in [0.5, 0.6) is 5.75 Å². The third kappa shape index (κ3) is 2.66. The van der Waals surface area contributed by atoms with E-state index < -0.39 is 0 Å². The number of rotatable bonds is 2. The SMILES string of the molecule is Cc1cc(N=Nc2ccc(O)cc2C)ccc1N. The fraction of sp³-hybridized carbons (Fsp3) is 0.143. The first kappa shape index (κ1) is 12.1. The Kier molecular flexibility index (Phi) is 3.28. The summed E-state index contributed by atoms with van der Waals surface area (Å²) in [6.07, 6.45) is 0. The van der Waals surface area contributed by atoms with Gasteiger partial charge in [-0.25, -0.2) is 0 Å². The highest BCUT2D eigenvalue weighted by Gasteiger charge is 1.99. The molecule has 2 aromatic rings. The lowest BCUT2D eigenvalue weighted by Gasteiger charge is -2.01. The van der Waals surface area contributed by atoms with Crippen LogP contribution < -0.4 is 5.73 Å². The minimum Gasteiger partial charge on any atom is -0.508 e. The molecule has 0 bridgehead atoms. The summed E-state index contributed by atoms with van der Waals surface area (Å²) in [4.78, 5) is 0. The summed E-state index contributed by atoms with van der Waals surface area (Å²) in [7, 11) is 0. The number of anilines is 1. The summed E-state index contributed by atoms with van der Waals surface area (Å²) in [5.74, 6) is 0.231. The van der Waals surface area contributed by atoms with E-state index in [0.29, 0.717) is 0 Å². The zero-order valence-electron chi connectivity index (χ0n) is 10.4. The topological polar surface area (TPSA) is 71.0 Å². The van der Waals surface area contributed by atoms with Crippen LogP contribution in [-0.2, 0) is 0 Å². The van der Waals surface area contributed by atoms with Gasteiger partial charge in [-0.05, 0) is 61.4 Å². The van der Waals surface area contributed by atoms with Gasteiger partial charge in [0.05, 0.1) is 11.4 Å². The van der Waals surface area contributed by atoms with E-state index in [-0.39, 0.29) is 5.75 Å². The van der Waals surface area contributed by atoms with Gasteiger partial charge in [-0.3, -0.25) is 0 Å². The van der Waals surface area contributed by atoms with Gasteiger partial charge in [0.1, 0.15) is 5.75 Å². The minimum absolute atomic E-state index is 0.231. The Morgan fingerprint density at radius 1 is 0.944 bits per heavy atom. The van der Waals surface area contributed by atoms with Gasteiger partial charge in [0.2, 0.25) is 0 Å². The number of phenols is 1. The van der Waals surface area contributed by atoms with Gasteiger partial charge in [-0.15, -0.1) is 0 Å². The third-order valence-electron chi connectivity index (χ3n) is 2.71. The molecule has 0 heterocycles. The van der Waals surface area contributed by atoms with Crippen LogP contribution in [0.2, 0.25) is 0 Å². The Labute approximate surface area is 106 Å². The van der Waals surface area contributed by atoms with E-state index in [2.05, 4.69) is 10.2 Å². The van der Waals surface area contributed by atoms with Crippen LogP contribution in [0.4, 0.5) is 17.1 Å². The summed E-state index contributed by atoms with van der Waals surface area (Å²) in [6.45, 7) is 3.81. The number of aromatic hydroxyl groups is 1. The number of phenolic OH excluding ortho intramolecular Hbond substituents is 1. The first-order valence-electron chi connectivity index (χ1n) is 5.64. The predicted molar refractivity (Wildman–Crippen MR) is 72.6 cm³/mol. The van der Waals surface area contributed by atoms with E-state index in [4.69, 9.17) is 5.73 Å². The van der Waals surface area contributed by atoms with Crippen molar-refractivity contribution in [1.82, 2.24) is 0 Å². The highest BCUT2D eigenvalue weighted by Crippen LogP contribution is 2.26. The molecule has 0 saturated heterocycles. The molecule has 0 amide bonds. The summed E-state index contributed by atoms with van der Waals surface area (Å²) in [5.41, 5.74) is 9.84. The van der Waals surface area contributed by atoms with Crippen molar-refractivity contribution < 1.29 is 5.11 Å². The molecular formula is C14H15N3O. The van der Waals surface area contributed by atoms with Crippen molar-refractivity contribution in [2.24, 2.45) is 10.2 Å². The van der Waals surface area contributed by atoms with Crippen LogP contribution >= 0.6 is 0 Å². The number of benzene rings is 2. The number of hydrogen-bond donors (Lipinski definition) is 2. The maximum atomic E-state index is 9.30. The minimum atomic E-state index is 0.231. The molecule has 92 valence electrons. The maximum Gasteiger partial charge on any atom is 0.115 e. The van der Waals surface area contributed by atoms with Gasteiger partial charge in [-0.2, -0.15) is 10.2 Å². The number of azo groups is 1. The Bertz CT molecular complexity index is 606. The molecular weight excluding hydrogens is 226 g/mol. The summed E-state index contributed by atoms with van der Waals surface area (Å²) in [5, 5.41) is 17.6. The van der Waals surface area contributed by atoms with Gasteiger partial charge < -0.3 is 10.8 Å². The van der Waals surface area contributed by atoms with Crippen molar-refractivity contribution >= 4 is 17.1 Å². The van der Waals surface area contributed by atoms with Crippen LogP contribution in [0.1, 0.15) is 11.1 Å². The predicted octanol–water partition coefficient (Wildman–Crippen LogP) is 4.01. The fourth-order valence-corrected chi connectivity index (χ4v) is 1.59. The molecule has 0 aromatic heterocycles. The lowest BCUT2D eigenvalue weighted by Crippen LogP contribution is -1.87. The highest BCUT2D eigenvalue weighted by atomic mass is 16.3. The van der Waals surface area contributed by atoms with Crippen molar-refractivity contribution in [2.45, 2.75) is 13.8 Å². The number of nitrogens with two attached hydrogens (primary N) is 1. The average Bonchev–Trinajstić information content (AvgIpc) is 2.32. The van der Waals surface area contributed by atoms with E-state index in [1.165, 1.54) is 0 Å². The van der Waals surface area contributed by atoms with Gasteiger partial charge >= 0.3 is 0 Å². The van der Waals surface area contributed by atoms with E-state index in [9.17, 15) is 5.11 Å². The zero-order valence-corrected chi connectivity index (χ0v) is 10.4. The van der Waals surface area contributed by atoms with Crippen LogP contribution in [0.3, 0.4) is 0 Å². The fourth-order valence-electron chi connectivity index (χ4n) is 1.59. The first-order valence-corrected chi connectivity index (χ1v) is 5.64. The van der Waals surface area contributed by atoms with Crippen molar-refractivity contribution in [1.29, 1.82) is 0 Å². The molecule has 4 heteroatoms. The normalized spacial score (nSPS) is 11.0. The van der Waals surface area contributed by atoms with Crippen LogP contribution in [-0.4, -0.2) is 5.11 Å². The Morgan fingerprint density at radius 2 is 1.72 bits per heavy atom. The van der Waals surface area contributed by atoms with Crippen molar-refractivity contribution in [3.8, 4) is 5.75 Å². The number of hydrogen-bond acceptors (Lipinski definition) is 4. The summed E-state index contributed by atoms with van der Waals surface area (Å²) < 4.78 is 0. The maximum absolute atomic E-state index is 9.30. The molecule has 0 saturated carbocycles. The second-order valence-electron chi connectivity index (χ2n) is 4.21. The van der Waals surface area contributed by atoms with Gasteiger partial charge in [0.25, 0.3) is 0 Å². The van der Waals surface area contributed by atoms with Gasteiger partial charge in [0.15, 0.2) is 0 Å². The number of nitrogen functional groups attached to an aromatic ring is 1. The van der Waals surface area contributed by atoms with Crippen LogP contribution in [0.25, 0.3) is 0 Å². The molecule has 18 heavy (non-hydrogen) atoms. The molecule has 0 aliphatic carbocycles. The highest BCUT2D eigenvalue weighted by molar-refractivity contribution is 5.54. The molecule has 0 spiro atoms. The van der Waals surface area contributed by atoms with E-state index in [1.807, 2.05) is 32.0 Å². The van der Waals surface area contributed by atoms with E-state index in [0.717, 1.165) is 28.2 Å². The summed E-state index contributed by atoms with van der Waals surface area (Å²) >= 11 is 0. The second kappa shape index (κ2) is 4.87. The van der Waals surface area contributed by atoms with E-state index >= 15 is 0 Å². The van der Waals surface area contributed by atoms with E-state index in [1.54, 1.807) is 18.2 Å². The lowest BCUT2D eigenvalue weighted by atomic mass is 10.2. The molecule has 4 nitrogen and oxygen atoms in total. The molecule has 2 aromatic carbocycles. The third-order valence-corrected chi connectivity index (χ3v) is 2.71. The summed E-state index contributed by atoms with van der Waals surface area (Å²) in [6, 6.07) is 10.5. The molecule has 3 N–H and O–H groups in total. The Morgan fingerprint density at radius 3 is 2.39 bits per heavy atom.